The summed E-state index contributed by atoms with van der Waals surface area (Å²) in [5.41, 5.74) is 0. The summed E-state index contributed by atoms with van der Waals surface area (Å²) in [4.78, 5) is 22.4. The molecule has 0 bridgehead atoms. The Balaban J connectivity index is 2.36. The minimum Gasteiger partial charge on any atom is -0.463 e. The number of carbonyl (C=O) groups excluding carboxylic acids is 2. The third kappa shape index (κ3) is 13.8. The zero-order chi connectivity index (χ0) is 25.3. The van der Waals surface area contributed by atoms with Gasteiger partial charge in [-0.15, -0.1) is 0 Å². The van der Waals surface area contributed by atoms with Crippen molar-refractivity contribution < 1.29 is 44.2 Å². The molecule has 0 saturated carbocycles. The van der Waals surface area contributed by atoms with Crippen molar-refractivity contribution in [1.29, 1.82) is 0 Å². The van der Waals surface area contributed by atoms with Crippen LogP contribution in [0.3, 0.4) is 0 Å². The maximum absolute atomic E-state index is 11.7. The van der Waals surface area contributed by atoms with Gasteiger partial charge in [-0.3, -0.25) is 9.59 Å². The van der Waals surface area contributed by atoms with Gasteiger partial charge < -0.3 is 34.6 Å². The zero-order valence-electron chi connectivity index (χ0n) is 20.4. The molecule has 1 heterocycles. The second kappa shape index (κ2) is 17.6. The molecular formula is C25H42O9. The van der Waals surface area contributed by atoms with Crippen molar-refractivity contribution in [3.8, 4) is 0 Å². The molecule has 9 heteroatoms. The number of hydrogen-bond acceptors (Lipinski definition) is 9. The first-order chi connectivity index (χ1) is 16.2. The molecule has 0 spiro atoms. The SMILES string of the molecule is CCCCC[C@H](O)/C=C/[C@H]1OC(O)C[C@H](O)[C@@H]1C/C=C\CCCC(=O)OC[C@H](O)COC(C)=O. The standard InChI is InChI=1S/C25H42O9/c1-3-4-7-10-19(27)13-14-23-21(22(29)15-25(31)34-23)11-8-5-6-9-12-24(30)33-17-20(28)16-32-18(2)26/h5,8,13-14,19-23,25,27-29,31H,3-4,6-7,9-12,15-17H2,1-2H3/b8-5-,14-13+/t19-,20+,21-,22-,23+,25?/m0/s1. The highest BCUT2D eigenvalue weighted by molar-refractivity contribution is 5.69. The molecule has 1 aliphatic heterocycles. The van der Waals surface area contributed by atoms with Gasteiger partial charge in [-0.2, -0.15) is 0 Å². The minimum absolute atomic E-state index is 0.136. The molecule has 196 valence electrons. The van der Waals surface area contributed by atoms with Crippen LogP contribution in [0.2, 0.25) is 0 Å². The fraction of sp³-hybridized carbons (Fsp3) is 0.760. The van der Waals surface area contributed by atoms with E-state index in [1.165, 1.54) is 6.92 Å². The summed E-state index contributed by atoms with van der Waals surface area (Å²) in [6.07, 6.45) is 9.14. The maximum atomic E-state index is 11.7. The molecule has 1 saturated heterocycles. The van der Waals surface area contributed by atoms with E-state index in [2.05, 4.69) is 11.7 Å². The summed E-state index contributed by atoms with van der Waals surface area (Å²) in [6.45, 7) is 2.89. The summed E-state index contributed by atoms with van der Waals surface area (Å²) < 4.78 is 15.2. The number of unbranched alkanes of at least 4 members (excludes halogenated alkanes) is 3. The quantitative estimate of drug-likeness (QED) is 0.147. The highest BCUT2D eigenvalue weighted by Crippen LogP contribution is 2.29. The largest absolute Gasteiger partial charge is 0.463 e. The molecule has 34 heavy (non-hydrogen) atoms. The van der Waals surface area contributed by atoms with E-state index < -0.39 is 42.6 Å². The van der Waals surface area contributed by atoms with Crippen molar-refractivity contribution in [2.45, 2.75) is 102 Å². The van der Waals surface area contributed by atoms with Crippen LogP contribution in [0.1, 0.15) is 71.6 Å². The molecule has 0 amide bonds. The first-order valence-electron chi connectivity index (χ1n) is 12.2. The highest BCUT2D eigenvalue weighted by Gasteiger charge is 2.35. The fourth-order valence-electron chi connectivity index (χ4n) is 3.61. The molecule has 0 aliphatic carbocycles. The van der Waals surface area contributed by atoms with Crippen molar-refractivity contribution in [1.82, 2.24) is 0 Å². The molecule has 0 radical (unpaired) electrons. The van der Waals surface area contributed by atoms with Crippen molar-refractivity contribution in [2.24, 2.45) is 5.92 Å². The number of allylic oxidation sites excluding steroid dienone is 2. The van der Waals surface area contributed by atoms with Gasteiger partial charge in [0.25, 0.3) is 0 Å². The second-order valence-corrected chi connectivity index (χ2v) is 8.71. The van der Waals surface area contributed by atoms with Gasteiger partial charge in [-0.1, -0.05) is 50.5 Å². The molecular weight excluding hydrogens is 444 g/mol. The van der Waals surface area contributed by atoms with Gasteiger partial charge in [0.15, 0.2) is 6.29 Å². The number of ether oxygens (including phenoxy) is 3. The van der Waals surface area contributed by atoms with Crippen LogP contribution in [-0.2, 0) is 23.8 Å². The summed E-state index contributed by atoms with van der Waals surface area (Å²) in [5.74, 6) is -1.20. The van der Waals surface area contributed by atoms with E-state index in [1.54, 1.807) is 12.2 Å². The highest BCUT2D eigenvalue weighted by atomic mass is 16.6. The Morgan fingerprint density at radius 1 is 1.09 bits per heavy atom. The smallest absolute Gasteiger partial charge is 0.305 e. The Morgan fingerprint density at radius 3 is 2.53 bits per heavy atom. The van der Waals surface area contributed by atoms with E-state index >= 15 is 0 Å². The lowest BCUT2D eigenvalue weighted by Crippen LogP contribution is -2.43. The summed E-state index contributed by atoms with van der Waals surface area (Å²) in [5, 5.41) is 39.9. The van der Waals surface area contributed by atoms with Crippen LogP contribution in [-0.4, -0.2) is 76.3 Å². The van der Waals surface area contributed by atoms with Gasteiger partial charge in [0.1, 0.15) is 19.3 Å². The maximum Gasteiger partial charge on any atom is 0.305 e. The lowest BCUT2D eigenvalue weighted by molar-refractivity contribution is -0.199. The molecule has 4 N–H and O–H groups in total. The van der Waals surface area contributed by atoms with E-state index in [-0.39, 0.29) is 32.0 Å². The molecule has 6 atom stereocenters. The van der Waals surface area contributed by atoms with E-state index in [4.69, 9.17) is 9.47 Å². The minimum atomic E-state index is -1.05. The normalized spacial score (nSPS) is 24.9. The van der Waals surface area contributed by atoms with E-state index in [1.807, 2.05) is 12.2 Å². The average Bonchev–Trinajstić information content (AvgIpc) is 2.78. The van der Waals surface area contributed by atoms with E-state index in [0.717, 1.165) is 19.3 Å². The molecule has 0 aromatic carbocycles. The average molecular weight is 487 g/mol. The lowest BCUT2D eigenvalue weighted by atomic mass is 9.87. The van der Waals surface area contributed by atoms with Crippen LogP contribution in [0, 0.1) is 5.92 Å². The number of esters is 2. The third-order valence-corrected chi connectivity index (χ3v) is 5.54. The zero-order valence-corrected chi connectivity index (χ0v) is 20.4. The molecule has 0 aromatic rings. The molecule has 1 unspecified atom stereocenters. The van der Waals surface area contributed by atoms with Crippen molar-refractivity contribution in [2.75, 3.05) is 13.2 Å². The fourth-order valence-corrected chi connectivity index (χ4v) is 3.61. The summed E-state index contributed by atoms with van der Waals surface area (Å²) in [6, 6.07) is 0. The van der Waals surface area contributed by atoms with Crippen molar-refractivity contribution in [3.63, 3.8) is 0 Å². The van der Waals surface area contributed by atoms with Crippen molar-refractivity contribution >= 4 is 11.9 Å². The number of aliphatic hydroxyl groups excluding tert-OH is 4. The van der Waals surface area contributed by atoms with Crippen LogP contribution in [0.5, 0.6) is 0 Å². The molecule has 9 nitrogen and oxygen atoms in total. The van der Waals surface area contributed by atoms with Gasteiger partial charge in [-0.25, -0.2) is 0 Å². The van der Waals surface area contributed by atoms with Crippen LogP contribution < -0.4 is 0 Å². The molecule has 1 aliphatic rings. The van der Waals surface area contributed by atoms with Crippen LogP contribution in [0.25, 0.3) is 0 Å². The van der Waals surface area contributed by atoms with E-state index in [0.29, 0.717) is 25.7 Å². The van der Waals surface area contributed by atoms with Gasteiger partial charge in [-0.05, 0) is 25.7 Å². The van der Waals surface area contributed by atoms with E-state index in [9.17, 15) is 30.0 Å². The molecule has 0 aromatic heterocycles. The Hall–Kier alpha value is -1.78. The molecule has 1 rings (SSSR count). The Labute approximate surface area is 202 Å². The third-order valence-electron chi connectivity index (χ3n) is 5.54. The Bertz CT molecular complexity index is 634. The summed E-state index contributed by atoms with van der Waals surface area (Å²) >= 11 is 0. The number of aliphatic hydroxyl groups is 4. The number of hydrogen-bond donors (Lipinski definition) is 4. The van der Waals surface area contributed by atoms with Gasteiger partial charge in [0.2, 0.25) is 0 Å². The molecule has 1 fully saturated rings. The van der Waals surface area contributed by atoms with Gasteiger partial charge in [0.05, 0.1) is 18.3 Å². The van der Waals surface area contributed by atoms with Crippen LogP contribution in [0.4, 0.5) is 0 Å². The number of rotatable bonds is 16. The second-order valence-electron chi connectivity index (χ2n) is 8.71. The van der Waals surface area contributed by atoms with Gasteiger partial charge in [0, 0.05) is 25.7 Å². The Morgan fingerprint density at radius 2 is 1.82 bits per heavy atom. The first kappa shape index (κ1) is 30.3. The topological polar surface area (TPSA) is 143 Å². The monoisotopic (exact) mass is 486 g/mol. The van der Waals surface area contributed by atoms with Gasteiger partial charge >= 0.3 is 11.9 Å². The summed E-state index contributed by atoms with van der Waals surface area (Å²) in [7, 11) is 0. The number of carbonyl (C=O) groups is 2. The van der Waals surface area contributed by atoms with Crippen LogP contribution in [0.15, 0.2) is 24.3 Å². The van der Waals surface area contributed by atoms with Crippen molar-refractivity contribution in [3.05, 3.63) is 24.3 Å². The Kier molecular flexibility index (Phi) is 15.7. The predicted octanol–water partition coefficient (Wildman–Crippen LogP) is 2.15. The lowest BCUT2D eigenvalue weighted by Gasteiger charge is -2.36. The first-order valence-corrected chi connectivity index (χ1v) is 12.2. The predicted molar refractivity (Wildman–Crippen MR) is 125 cm³/mol. The van der Waals surface area contributed by atoms with Crippen LogP contribution >= 0.6 is 0 Å².